The van der Waals surface area contributed by atoms with E-state index >= 15 is 0 Å². The zero-order valence-corrected chi connectivity index (χ0v) is 8.23. The van der Waals surface area contributed by atoms with Crippen molar-refractivity contribution in [2.75, 3.05) is 13.2 Å². The minimum Gasteiger partial charge on any atom is -0.396 e. The molecule has 0 atom stereocenters. The number of hydrogen-bond acceptors (Lipinski definition) is 4. The van der Waals surface area contributed by atoms with Crippen LogP contribution in [0.4, 0.5) is 0 Å². The van der Waals surface area contributed by atoms with Gasteiger partial charge in [-0.15, -0.1) is 11.3 Å². The van der Waals surface area contributed by atoms with Gasteiger partial charge in [-0.05, 0) is 13.3 Å². The predicted octanol–water partition coefficient (Wildman–Crippen LogP) is 0.564. The highest BCUT2D eigenvalue weighted by atomic mass is 32.1. The van der Waals surface area contributed by atoms with Crippen LogP contribution in [-0.2, 0) is 0 Å². The van der Waals surface area contributed by atoms with Crippen molar-refractivity contribution in [1.29, 1.82) is 0 Å². The first-order chi connectivity index (χ1) is 6.24. The molecule has 1 aromatic rings. The van der Waals surface area contributed by atoms with Gasteiger partial charge in [0.15, 0.2) is 0 Å². The molecule has 1 aromatic heterocycles. The molecule has 0 aliphatic rings. The molecular formula is C8H12N2O2S. The van der Waals surface area contributed by atoms with Crippen LogP contribution < -0.4 is 5.32 Å². The minimum absolute atomic E-state index is 0.0936. The second kappa shape index (κ2) is 4.94. The maximum atomic E-state index is 11.3. The van der Waals surface area contributed by atoms with Gasteiger partial charge in [0.2, 0.25) is 0 Å². The Hall–Kier alpha value is -0.940. The third kappa shape index (κ3) is 3.12. The number of carbonyl (C=O) groups is 1. The number of hydrogen-bond donors (Lipinski definition) is 2. The van der Waals surface area contributed by atoms with Crippen molar-refractivity contribution in [2.24, 2.45) is 0 Å². The minimum atomic E-state index is -0.169. The first-order valence-corrected chi connectivity index (χ1v) is 4.93. The molecule has 4 nitrogen and oxygen atoms in total. The van der Waals surface area contributed by atoms with Gasteiger partial charge in [-0.25, -0.2) is 4.98 Å². The van der Waals surface area contributed by atoms with E-state index in [9.17, 15) is 4.79 Å². The fourth-order valence-corrected chi connectivity index (χ4v) is 1.43. The van der Waals surface area contributed by atoms with E-state index in [0.29, 0.717) is 18.7 Å². The van der Waals surface area contributed by atoms with Crippen molar-refractivity contribution >= 4 is 17.2 Å². The summed E-state index contributed by atoms with van der Waals surface area (Å²) in [6.07, 6.45) is 0.578. The van der Waals surface area contributed by atoms with Crippen LogP contribution in [0.3, 0.4) is 0 Å². The number of aryl methyl sites for hydroxylation is 1. The molecule has 0 aliphatic heterocycles. The van der Waals surface area contributed by atoms with Crippen molar-refractivity contribution in [3.05, 3.63) is 16.1 Å². The quantitative estimate of drug-likeness (QED) is 0.698. The molecule has 0 radical (unpaired) electrons. The van der Waals surface area contributed by atoms with Crippen molar-refractivity contribution in [3.63, 3.8) is 0 Å². The van der Waals surface area contributed by atoms with Crippen molar-refractivity contribution in [1.82, 2.24) is 10.3 Å². The van der Waals surface area contributed by atoms with Crippen LogP contribution in [0.25, 0.3) is 0 Å². The van der Waals surface area contributed by atoms with E-state index in [1.54, 1.807) is 5.38 Å². The fraction of sp³-hybridized carbons (Fsp3) is 0.500. The number of aliphatic hydroxyl groups is 1. The molecule has 0 bridgehead atoms. The van der Waals surface area contributed by atoms with Crippen LogP contribution in [0.2, 0.25) is 0 Å². The molecule has 5 heteroatoms. The summed E-state index contributed by atoms with van der Waals surface area (Å²) in [7, 11) is 0. The van der Waals surface area contributed by atoms with E-state index in [4.69, 9.17) is 5.11 Å². The van der Waals surface area contributed by atoms with Gasteiger partial charge in [0.05, 0.1) is 5.01 Å². The van der Waals surface area contributed by atoms with E-state index in [-0.39, 0.29) is 12.5 Å². The lowest BCUT2D eigenvalue weighted by Gasteiger charge is -1.99. The lowest BCUT2D eigenvalue weighted by atomic mass is 10.4. The zero-order chi connectivity index (χ0) is 9.68. The molecule has 1 heterocycles. The van der Waals surface area contributed by atoms with E-state index in [1.807, 2.05) is 6.92 Å². The first-order valence-electron chi connectivity index (χ1n) is 4.05. The molecule has 2 N–H and O–H groups in total. The fourth-order valence-electron chi connectivity index (χ4n) is 0.839. The van der Waals surface area contributed by atoms with Gasteiger partial charge in [-0.3, -0.25) is 4.79 Å². The number of carbonyl (C=O) groups excluding carboxylic acids is 1. The molecule has 0 unspecified atom stereocenters. The number of thiazole rings is 1. The van der Waals surface area contributed by atoms with Crippen molar-refractivity contribution < 1.29 is 9.90 Å². The van der Waals surface area contributed by atoms with Gasteiger partial charge in [0.1, 0.15) is 5.69 Å². The predicted molar refractivity (Wildman–Crippen MR) is 50.9 cm³/mol. The summed E-state index contributed by atoms with van der Waals surface area (Å²) in [6, 6.07) is 0. The summed E-state index contributed by atoms with van der Waals surface area (Å²) < 4.78 is 0. The van der Waals surface area contributed by atoms with Gasteiger partial charge in [0, 0.05) is 18.5 Å². The van der Waals surface area contributed by atoms with Gasteiger partial charge in [-0.1, -0.05) is 0 Å². The molecule has 0 saturated heterocycles. The van der Waals surface area contributed by atoms with Gasteiger partial charge < -0.3 is 10.4 Å². The largest absolute Gasteiger partial charge is 0.396 e. The molecule has 0 fully saturated rings. The average Bonchev–Trinajstić information content (AvgIpc) is 2.52. The Bertz CT molecular complexity index is 285. The molecule has 0 saturated carbocycles. The van der Waals surface area contributed by atoms with Crippen LogP contribution in [0.15, 0.2) is 5.38 Å². The van der Waals surface area contributed by atoms with Crippen LogP contribution in [0.5, 0.6) is 0 Å². The molecule has 0 spiro atoms. The van der Waals surface area contributed by atoms with Gasteiger partial charge in [0.25, 0.3) is 5.91 Å². The Balaban J connectivity index is 2.40. The Morgan fingerprint density at radius 1 is 1.77 bits per heavy atom. The SMILES string of the molecule is Cc1nc(C(=O)NCCCO)cs1. The lowest BCUT2D eigenvalue weighted by Crippen LogP contribution is -2.25. The zero-order valence-electron chi connectivity index (χ0n) is 7.41. The maximum absolute atomic E-state index is 11.3. The Kier molecular flexibility index (Phi) is 3.85. The average molecular weight is 200 g/mol. The summed E-state index contributed by atoms with van der Waals surface area (Å²) >= 11 is 1.45. The number of rotatable bonds is 4. The summed E-state index contributed by atoms with van der Waals surface area (Å²) in [5.74, 6) is -0.169. The van der Waals surface area contributed by atoms with Crippen LogP contribution in [0, 0.1) is 6.92 Å². The number of nitrogens with zero attached hydrogens (tertiary/aromatic N) is 1. The van der Waals surface area contributed by atoms with E-state index in [2.05, 4.69) is 10.3 Å². The first kappa shape index (κ1) is 10.1. The lowest BCUT2D eigenvalue weighted by molar-refractivity contribution is 0.0946. The molecule has 0 aliphatic carbocycles. The number of aliphatic hydroxyl groups excluding tert-OH is 1. The highest BCUT2D eigenvalue weighted by Gasteiger charge is 2.07. The molecule has 13 heavy (non-hydrogen) atoms. The summed E-state index contributed by atoms with van der Waals surface area (Å²) in [5, 5.41) is 13.8. The highest BCUT2D eigenvalue weighted by Crippen LogP contribution is 2.07. The summed E-state index contributed by atoms with van der Waals surface area (Å²) in [6.45, 7) is 2.44. The summed E-state index contributed by atoms with van der Waals surface area (Å²) in [5.41, 5.74) is 0.459. The second-order valence-electron chi connectivity index (χ2n) is 2.58. The Morgan fingerprint density at radius 2 is 2.54 bits per heavy atom. The molecule has 72 valence electrons. The number of aromatic nitrogens is 1. The number of nitrogens with one attached hydrogen (secondary N) is 1. The standard InChI is InChI=1S/C8H12N2O2S/c1-6-10-7(5-13-6)8(12)9-3-2-4-11/h5,11H,2-4H2,1H3,(H,9,12). The Morgan fingerprint density at radius 3 is 3.08 bits per heavy atom. The molecule has 1 amide bonds. The maximum Gasteiger partial charge on any atom is 0.270 e. The smallest absolute Gasteiger partial charge is 0.270 e. The van der Waals surface area contributed by atoms with Crippen molar-refractivity contribution in [3.8, 4) is 0 Å². The van der Waals surface area contributed by atoms with Gasteiger partial charge >= 0.3 is 0 Å². The van der Waals surface area contributed by atoms with Crippen LogP contribution in [-0.4, -0.2) is 29.1 Å². The topological polar surface area (TPSA) is 62.2 Å². The van der Waals surface area contributed by atoms with E-state index in [1.165, 1.54) is 11.3 Å². The second-order valence-corrected chi connectivity index (χ2v) is 3.65. The molecule has 0 aromatic carbocycles. The van der Waals surface area contributed by atoms with Crippen LogP contribution >= 0.6 is 11.3 Å². The number of amides is 1. The van der Waals surface area contributed by atoms with Crippen molar-refractivity contribution in [2.45, 2.75) is 13.3 Å². The van der Waals surface area contributed by atoms with E-state index in [0.717, 1.165) is 5.01 Å². The normalized spacial score (nSPS) is 10.0. The third-order valence-corrected chi connectivity index (χ3v) is 2.25. The Labute approximate surface area is 80.6 Å². The third-order valence-electron chi connectivity index (χ3n) is 1.47. The van der Waals surface area contributed by atoms with Crippen LogP contribution in [0.1, 0.15) is 21.9 Å². The van der Waals surface area contributed by atoms with E-state index < -0.39 is 0 Å². The van der Waals surface area contributed by atoms with Gasteiger partial charge in [-0.2, -0.15) is 0 Å². The summed E-state index contributed by atoms with van der Waals surface area (Å²) in [4.78, 5) is 15.3. The monoisotopic (exact) mass is 200 g/mol. The molecular weight excluding hydrogens is 188 g/mol. The molecule has 1 rings (SSSR count). The highest BCUT2D eigenvalue weighted by molar-refractivity contribution is 7.09.